The van der Waals surface area contributed by atoms with Crippen molar-refractivity contribution in [1.82, 2.24) is 10.0 Å². The quantitative estimate of drug-likeness (QED) is 0.387. The Morgan fingerprint density at radius 1 is 1.07 bits per heavy atom. The van der Waals surface area contributed by atoms with Crippen molar-refractivity contribution in [2.24, 2.45) is 0 Å². The molecule has 0 spiro atoms. The van der Waals surface area contributed by atoms with Gasteiger partial charge < -0.3 is 10.4 Å². The molecule has 11 heteroatoms. The van der Waals surface area contributed by atoms with Crippen LogP contribution in [0.1, 0.15) is 18.4 Å². The summed E-state index contributed by atoms with van der Waals surface area (Å²) in [6.45, 7) is 0.270. The van der Waals surface area contributed by atoms with Crippen LogP contribution in [0, 0.1) is 10.1 Å². The second-order valence-corrected chi connectivity index (χ2v) is 7.78. The monoisotopic (exact) mass is 421 g/mol. The number of benzene rings is 2. The molecule has 0 heterocycles. The summed E-state index contributed by atoms with van der Waals surface area (Å²) in [7, 11) is -4.24. The number of carbonyl (C=O) groups excluding carboxylic acids is 1. The Labute approximate surface area is 166 Å². The van der Waals surface area contributed by atoms with E-state index in [-0.39, 0.29) is 30.0 Å². The Kier molecular flexibility index (Phi) is 7.39. The van der Waals surface area contributed by atoms with E-state index in [2.05, 4.69) is 5.32 Å². The number of hydrogen-bond acceptors (Lipinski definition) is 6. The van der Waals surface area contributed by atoms with Gasteiger partial charge in [-0.05, 0) is 24.1 Å². The predicted molar refractivity (Wildman–Crippen MR) is 102 cm³/mol. The molecule has 2 aromatic rings. The first-order valence-electron chi connectivity index (χ1n) is 8.49. The standard InChI is InChI=1S/C18H19N3O7S/c22-17(19-12-13-4-2-1-3-5-13)11-10-16(18(23)24)20-29(27,28)15-8-6-14(7-9-15)21(25)26/h1-9,16,20H,10-12H2,(H,19,22)(H,23,24)/t16-/m0/s1. The zero-order valence-corrected chi connectivity index (χ0v) is 16.0. The van der Waals surface area contributed by atoms with Crippen molar-refractivity contribution in [2.75, 3.05) is 0 Å². The average molecular weight is 421 g/mol. The number of nitro groups is 1. The van der Waals surface area contributed by atoms with Gasteiger partial charge in [0.05, 0.1) is 9.82 Å². The summed E-state index contributed by atoms with van der Waals surface area (Å²) in [5, 5.41) is 22.6. The van der Waals surface area contributed by atoms with Crippen molar-refractivity contribution in [3.63, 3.8) is 0 Å². The number of aliphatic carboxylic acids is 1. The summed E-state index contributed by atoms with van der Waals surface area (Å²) in [4.78, 5) is 33.0. The molecule has 0 aromatic heterocycles. The van der Waals surface area contributed by atoms with Crippen LogP contribution < -0.4 is 10.0 Å². The molecule has 1 atom stereocenters. The smallest absolute Gasteiger partial charge is 0.321 e. The molecule has 2 aromatic carbocycles. The summed E-state index contributed by atoms with van der Waals surface area (Å²) in [5.74, 6) is -1.86. The highest BCUT2D eigenvalue weighted by Crippen LogP contribution is 2.16. The second kappa shape index (κ2) is 9.75. The largest absolute Gasteiger partial charge is 0.480 e. The SMILES string of the molecule is O=C(CC[C@H](NS(=O)(=O)c1ccc([N+](=O)[O-])cc1)C(=O)O)NCc1ccccc1. The summed E-state index contributed by atoms with van der Waals surface area (Å²) in [6, 6.07) is 11.6. The summed E-state index contributed by atoms with van der Waals surface area (Å²) in [5.41, 5.74) is 0.573. The number of carbonyl (C=O) groups is 2. The van der Waals surface area contributed by atoms with Crippen molar-refractivity contribution >= 4 is 27.6 Å². The van der Waals surface area contributed by atoms with Gasteiger partial charge in [0.15, 0.2) is 0 Å². The van der Waals surface area contributed by atoms with Crippen molar-refractivity contribution in [1.29, 1.82) is 0 Å². The topological polar surface area (TPSA) is 156 Å². The van der Waals surface area contributed by atoms with Gasteiger partial charge in [0.25, 0.3) is 5.69 Å². The summed E-state index contributed by atoms with van der Waals surface area (Å²) < 4.78 is 26.7. The molecule has 0 saturated heterocycles. The van der Waals surface area contributed by atoms with Crippen molar-refractivity contribution in [3.05, 3.63) is 70.3 Å². The van der Waals surface area contributed by atoms with Crippen LogP contribution >= 0.6 is 0 Å². The van der Waals surface area contributed by atoms with E-state index in [1.165, 1.54) is 0 Å². The number of carboxylic acid groups (broad SMARTS) is 1. The van der Waals surface area contributed by atoms with E-state index < -0.39 is 32.9 Å². The molecule has 0 aliphatic rings. The van der Waals surface area contributed by atoms with Gasteiger partial charge in [-0.1, -0.05) is 30.3 Å². The number of sulfonamides is 1. The predicted octanol–water partition coefficient (Wildman–Crippen LogP) is 1.42. The summed E-state index contributed by atoms with van der Waals surface area (Å²) in [6.07, 6.45) is -0.464. The molecule has 0 aliphatic carbocycles. The number of hydrogen-bond donors (Lipinski definition) is 3. The number of non-ortho nitro benzene ring substituents is 1. The molecule has 0 aliphatic heterocycles. The van der Waals surface area contributed by atoms with Gasteiger partial charge in [0.1, 0.15) is 6.04 Å². The van der Waals surface area contributed by atoms with Crippen molar-refractivity contribution < 1.29 is 28.0 Å². The molecule has 0 radical (unpaired) electrons. The Balaban J connectivity index is 1.95. The highest BCUT2D eigenvalue weighted by Gasteiger charge is 2.26. The highest BCUT2D eigenvalue weighted by atomic mass is 32.2. The third-order valence-electron chi connectivity index (χ3n) is 3.95. The van der Waals surface area contributed by atoms with Gasteiger partial charge in [-0.25, -0.2) is 8.42 Å². The molecule has 0 fully saturated rings. The Morgan fingerprint density at radius 3 is 2.24 bits per heavy atom. The first-order valence-corrected chi connectivity index (χ1v) is 9.97. The van der Waals surface area contributed by atoms with Crippen LogP contribution in [-0.4, -0.2) is 36.4 Å². The van der Waals surface area contributed by atoms with Crippen molar-refractivity contribution in [3.8, 4) is 0 Å². The number of carboxylic acids is 1. The lowest BCUT2D eigenvalue weighted by Gasteiger charge is -2.15. The maximum atomic E-state index is 12.3. The van der Waals surface area contributed by atoms with Gasteiger partial charge >= 0.3 is 5.97 Å². The molecule has 3 N–H and O–H groups in total. The molecule has 2 rings (SSSR count). The lowest BCUT2D eigenvalue weighted by molar-refractivity contribution is -0.384. The van der Waals surface area contributed by atoms with Crippen LogP contribution in [0.25, 0.3) is 0 Å². The zero-order chi connectivity index (χ0) is 21.4. The first-order chi connectivity index (χ1) is 13.7. The molecular weight excluding hydrogens is 402 g/mol. The molecular formula is C18H19N3O7S. The van der Waals surface area contributed by atoms with Crippen LogP contribution in [0.3, 0.4) is 0 Å². The van der Waals surface area contributed by atoms with Crippen LogP contribution in [0.5, 0.6) is 0 Å². The molecule has 29 heavy (non-hydrogen) atoms. The van der Waals surface area contributed by atoms with Crippen LogP contribution in [-0.2, 0) is 26.2 Å². The minimum Gasteiger partial charge on any atom is -0.480 e. The van der Waals surface area contributed by atoms with E-state index in [1.807, 2.05) is 35.1 Å². The maximum Gasteiger partial charge on any atom is 0.321 e. The fourth-order valence-electron chi connectivity index (χ4n) is 2.40. The van der Waals surface area contributed by atoms with E-state index in [0.29, 0.717) is 0 Å². The highest BCUT2D eigenvalue weighted by molar-refractivity contribution is 7.89. The number of amides is 1. The van der Waals surface area contributed by atoms with Gasteiger partial charge in [-0.2, -0.15) is 4.72 Å². The average Bonchev–Trinajstić information content (AvgIpc) is 2.70. The molecule has 0 unspecified atom stereocenters. The third kappa shape index (κ3) is 6.66. The van der Waals surface area contributed by atoms with Gasteiger partial charge in [0.2, 0.25) is 15.9 Å². The van der Waals surface area contributed by atoms with Crippen LogP contribution in [0.4, 0.5) is 5.69 Å². The van der Waals surface area contributed by atoms with Crippen LogP contribution in [0.15, 0.2) is 59.5 Å². The lowest BCUT2D eigenvalue weighted by Crippen LogP contribution is -2.41. The molecule has 154 valence electrons. The Morgan fingerprint density at radius 2 is 1.69 bits per heavy atom. The molecule has 0 bridgehead atoms. The maximum absolute atomic E-state index is 12.3. The minimum atomic E-state index is -4.24. The van der Waals surface area contributed by atoms with E-state index in [4.69, 9.17) is 0 Å². The number of nitrogens with zero attached hydrogens (tertiary/aromatic N) is 1. The number of nitro benzene ring substituents is 1. The minimum absolute atomic E-state index is 0.202. The van der Waals surface area contributed by atoms with Gasteiger partial charge in [0, 0.05) is 25.1 Å². The Bertz CT molecular complexity index is 976. The lowest BCUT2D eigenvalue weighted by atomic mass is 10.1. The van der Waals surface area contributed by atoms with Crippen LogP contribution in [0.2, 0.25) is 0 Å². The molecule has 10 nitrogen and oxygen atoms in total. The summed E-state index contributed by atoms with van der Waals surface area (Å²) >= 11 is 0. The number of nitrogens with one attached hydrogen (secondary N) is 2. The van der Waals surface area contributed by atoms with E-state index in [0.717, 1.165) is 29.8 Å². The van der Waals surface area contributed by atoms with E-state index in [9.17, 15) is 33.2 Å². The second-order valence-electron chi connectivity index (χ2n) is 6.06. The van der Waals surface area contributed by atoms with Gasteiger partial charge in [-0.15, -0.1) is 0 Å². The molecule has 1 amide bonds. The third-order valence-corrected chi connectivity index (χ3v) is 5.43. The van der Waals surface area contributed by atoms with E-state index in [1.54, 1.807) is 0 Å². The van der Waals surface area contributed by atoms with Crippen molar-refractivity contribution in [2.45, 2.75) is 30.3 Å². The van der Waals surface area contributed by atoms with Gasteiger partial charge in [-0.3, -0.25) is 19.7 Å². The first kappa shape index (κ1) is 22.0. The normalized spacial score (nSPS) is 12.1. The fraction of sp³-hybridized carbons (Fsp3) is 0.222. The fourth-order valence-corrected chi connectivity index (χ4v) is 3.62. The Hall–Kier alpha value is -3.31. The van der Waals surface area contributed by atoms with E-state index >= 15 is 0 Å². The zero-order valence-electron chi connectivity index (χ0n) is 15.1. The number of rotatable bonds is 10. The molecule has 0 saturated carbocycles.